The molecule has 0 bridgehead atoms. The Hall–Kier alpha value is -1.80. The molecule has 0 N–H and O–H groups in total. The zero-order valence-corrected chi connectivity index (χ0v) is 18.0. The van der Waals surface area contributed by atoms with Gasteiger partial charge in [0.15, 0.2) is 0 Å². The van der Waals surface area contributed by atoms with E-state index in [0.717, 1.165) is 11.2 Å². The SMILES string of the molecule is CCCCCCCCCCCSc1ccc(-c2ccc3ccccc3n2)cc1. The van der Waals surface area contributed by atoms with Crippen molar-refractivity contribution in [2.24, 2.45) is 0 Å². The van der Waals surface area contributed by atoms with Crippen LogP contribution in [0.15, 0.2) is 65.6 Å². The Bertz CT molecular complexity index is 825. The third-order valence-corrected chi connectivity index (χ3v) is 6.36. The average Bonchev–Trinajstić information content (AvgIpc) is 2.75. The van der Waals surface area contributed by atoms with Gasteiger partial charge in [0.05, 0.1) is 11.2 Å². The molecule has 0 amide bonds. The first-order chi connectivity index (χ1) is 13.9. The molecule has 1 heterocycles. The molecule has 3 rings (SSSR count). The van der Waals surface area contributed by atoms with Gasteiger partial charge < -0.3 is 0 Å². The predicted octanol–water partition coefficient (Wildman–Crippen LogP) is 8.52. The lowest BCUT2D eigenvalue weighted by Crippen LogP contribution is -1.86. The second kappa shape index (κ2) is 11.9. The van der Waals surface area contributed by atoms with Gasteiger partial charge in [-0.15, -0.1) is 11.8 Å². The number of aromatic nitrogens is 1. The Kier molecular flexibility index (Phi) is 8.90. The highest BCUT2D eigenvalue weighted by Gasteiger charge is 2.02. The summed E-state index contributed by atoms with van der Waals surface area (Å²) in [5, 5.41) is 1.19. The molecule has 2 aromatic carbocycles. The number of para-hydroxylation sites is 1. The number of nitrogens with zero attached hydrogens (tertiary/aromatic N) is 1. The predicted molar refractivity (Wildman–Crippen MR) is 125 cm³/mol. The van der Waals surface area contributed by atoms with E-state index in [9.17, 15) is 0 Å². The Morgan fingerprint density at radius 3 is 2.11 bits per heavy atom. The van der Waals surface area contributed by atoms with Crippen LogP contribution in [-0.4, -0.2) is 10.7 Å². The van der Waals surface area contributed by atoms with Gasteiger partial charge >= 0.3 is 0 Å². The molecule has 0 aliphatic rings. The van der Waals surface area contributed by atoms with Gasteiger partial charge in [0, 0.05) is 15.8 Å². The van der Waals surface area contributed by atoms with Crippen molar-refractivity contribution in [3.8, 4) is 11.3 Å². The van der Waals surface area contributed by atoms with Crippen molar-refractivity contribution >= 4 is 22.7 Å². The first kappa shape index (κ1) is 20.9. The summed E-state index contributed by atoms with van der Waals surface area (Å²) in [6, 6.07) is 21.5. The molecule has 0 unspecified atom stereocenters. The molecule has 0 aliphatic carbocycles. The van der Waals surface area contributed by atoms with E-state index >= 15 is 0 Å². The average molecular weight is 392 g/mol. The van der Waals surface area contributed by atoms with E-state index in [0.29, 0.717) is 0 Å². The maximum Gasteiger partial charge on any atom is 0.0709 e. The van der Waals surface area contributed by atoms with E-state index in [1.54, 1.807) is 0 Å². The van der Waals surface area contributed by atoms with Crippen LogP contribution in [0, 0.1) is 0 Å². The number of rotatable bonds is 12. The highest BCUT2D eigenvalue weighted by atomic mass is 32.2. The quantitative estimate of drug-likeness (QED) is 0.227. The van der Waals surface area contributed by atoms with Crippen molar-refractivity contribution in [1.29, 1.82) is 0 Å². The third kappa shape index (κ3) is 6.67. The minimum Gasteiger partial charge on any atom is -0.248 e. The topological polar surface area (TPSA) is 12.9 Å². The minimum absolute atomic E-state index is 1.05. The molecule has 0 radical (unpaired) electrons. The molecule has 2 heteroatoms. The van der Waals surface area contributed by atoms with Crippen molar-refractivity contribution in [3.63, 3.8) is 0 Å². The van der Waals surface area contributed by atoms with Gasteiger partial charge in [-0.3, -0.25) is 0 Å². The van der Waals surface area contributed by atoms with E-state index in [-0.39, 0.29) is 0 Å². The lowest BCUT2D eigenvalue weighted by atomic mass is 10.1. The third-order valence-electron chi connectivity index (χ3n) is 5.27. The van der Waals surface area contributed by atoms with Crippen molar-refractivity contribution < 1.29 is 0 Å². The van der Waals surface area contributed by atoms with Crippen LogP contribution in [0.5, 0.6) is 0 Å². The van der Waals surface area contributed by atoms with Gasteiger partial charge in [-0.05, 0) is 36.4 Å². The van der Waals surface area contributed by atoms with Gasteiger partial charge in [0.25, 0.3) is 0 Å². The fourth-order valence-electron chi connectivity index (χ4n) is 3.55. The number of hydrogen-bond acceptors (Lipinski definition) is 2. The number of benzene rings is 2. The minimum atomic E-state index is 1.05. The van der Waals surface area contributed by atoms with Crippen molar-refractivity contribution in [3.05, 3.63) is 60.7 Å². The lowest BCUT2D eigenvalue weighted by molar-refractivity contribution is 0.573. The maximum absolute atomic E-state index is 4.80. The summed E-state index contributed by atoms with van der Waals surface area (Å²) >= 11 is 1.98. The number of hydrogen-bond donors (Lipinski definition) is 0. The molecule has 148 valence electrons. The fraction of sp³-hybridized carbons (Fsp3) is 0.423. The van der Waals surface area contributed by atoms with Crippen LogP contribution in [0.25, 0.3) is 22.2 Å². The van der Waals surface area contributed by atoms with Crippen molar-refractivity contribution in [2.45, 2.75) is 69.6 Å². The summed E-state index contributed by atoms with van der Waals surface area (Å²) in [5.74, 6) is 1.23. The Morgan fingerprint density at radius 2 is 1.36 bits per heavy atom. The lowest BCUT2D eigenvalue weighted by Gasteiger charge is -2.06. The number of pyridine rings is 1. The van der Waals surface area contributed by atoms with Gasteiger partial charge in [0.2, 0.25) is 0 Å². The fourth-order valence-corrected chi connectivity index (χ4v) is 4.46. The van der Waals surface area contributed by atoms with Crippen LogP contribution in [0.2, 0.25) is 0 Å². The van der Waals surface area contributed by atoms with Crippen LogP contribution in [0.1, 0.15) is 64.7 Å². The number of thioether (sulfide) groups is 1. The second-order valence-electron chi connectivity index (χ2n) is 7.59. The molecule has 0 fully saturated rings. The highest BCUT2D eigenvalue weighted by molar-refractivity contribution is 7.99. The van der Waals surface area contributed by atoms with Crippen LogP contribution >= 0.6 is 11.8 Å². The number of fused-ring (bicyclic) bond motifs is 1. The highest BCUT2D eigenvalue weighted by Crippen LogP contribution is 2.25. The maximum atomic E-state index is 4.80. The zero-order chi connectivity index (χ0) is 19.4. The van der Waals surface area contributed by atoms with Crippen molar-refractivity contribution in [1.82, 2.24) is 4.98 Å². The largest absolute Gasteiger partial charge is 0.248 e. The smallest absolute Gasteiger partial charge is 0.0709 e. The Morgan fingerprint density at radius 1 is 0.679 bits per heavy atom. The first-order valence-corrected chi connectivity index (χ1v) is 11.9. The summed E-state index contributed by atoms with van der Waals surface area (Å²) in [4.78, 5) is 6.16. The van der Waals surface area contributed by atoms with Crippen LogP contribution < -0.4 is 0 Å². The molecular formula is C26H33NS. The summed E-state index contributed by atoms with van der Waals surface area (Å²) in [6.45, 7) is 2.28. The molecule has 3 aromatic rings. The molecule has 1 aromatic heterocycles. The van der Waals surface area contributed by atoms with Crippen molar-refractivity contribution in [2.75, 3.05) is 5.75 Å². The summed E-state index contributed by atoms with van der Waals surface area (Å²) in [7, 11) is 0. The van der Waals surface area contributed by atoms with Gasteiger partial charge in [-0.1, -0.05) is 94.7 Å². The van der Waals surface area contributed by atoms with E-state index in [1.807, 2.05) is 17.8 Å². The standard InChI is InChI=1S/C26H33NS/c1-2-3-4-5-6-7-8-9-12-21-28-24-18-15-23(16-19-24)26-20-17-22-13-10-11-14-25(22)27-26/h10-11,13-20H,2-9,12,21H2,1H3. The molecule has 0 spiro atoms. The van der Waals surface area contributed by atoms with Crippen LogP contribution in [0.3, 0.4) is 0 Å². The molecule has 1 nitrogen and oxygen atoms in total. The number of unbranched alkanes of at least 4 members (excludes halogenated alkanes) is 8. The summed E-state index contributed by atoms with van der Waals surface area (Å²) in [5.41, 5.74) is 3.30. The molecule has 0 saturated heterocycles. The zero-order valence-electron chi connectivity index (χ0n) is 17.2. The normalized spacial score (nSPS) is 11.2. The molecule has 0 saturated carbocycles. The molecule has 0 atom stereocenters. The van der Waals surface area contributed by atoms with E-state index < -0.39 is 0 Å². The Labute approximate surface area is 175 Å². The monoisotopic (exact) mass is 391 g/mol. The second-order valence-corrected chi connectivity index (χ2v) is 8.76. The van der Waals surface area contributed by atoms with E-state index in [4.69, 9.17) is 4.98 Å². The first-order valence-electron chi connectivity index (χ1n) is 11.0. The van der Waals surface area contributed by atoms with E-state index in [1.165, 1.54) is 79.4 Å². The Balaban J connectivity index is 1.37. The molecule has 0 aliphatic heterocycles. The van der Waals surface area contributed by atoms with Gasteiger partial charge in [-0.25, -0.2) is 4.98 Å². The summed E-state index contributed by atoms with van der Waals surface area (Å²) in [6.07, 6.45) is 12.6. The van der Waals surface area contributed by atoms with Crippen LogP contribution in [0.4, 0.5) is 0 Å². The summed E-state index contributed by atoms with van der Waals surface area (Å²) < 4.78 is 0. The van der Waals surface area contributed by atoms with Crippen LogP contribution in [-0.2, 0) is 0 Å². The molecular weight excluding hydrogens is 358 g/mol. The van der Waals surface area contributed by atoms with E-state index in [2.05, 4.69) is 61.5 Å². The van der Waals surface area contributed by atoms with Gasteiger partial charge in [0.1, 0.15) is 0 Å². The molecule has 28 heavy (non-hydrogen) atoms. The van der Waals surface area contributed by atoms with Gasteiger partial charge in [-0.2, -0.15) is 0 Å².